The van der Waals surface area contributed by atoms with Crippen molar-refractivity contribution in [1.29, 1.82) is 0 Å². The molecule has 3 N–H and O–H groups in total. The third-order valence-electron chi connectivity index (χ3n) is 18.0. The number of rotatable bonds is 72. The number of aliphatic hydroxyl groups excluding tert-OH is 2. The molecule has 6 nitrogen and oxygen atoms in total. The third kappa shape index (κ3) is 69.3. The molecule has 0 aromatic heterocycles. The number of hydrogen-bond donors (Lipinski definition) is 3. The second-order valence-corrected chi connectivity index (χ2v) is 26.3. The summed E-state index contributed by atoms with van der Waals surface area (Å²) in [5, 5.41) is 23.4. The van der Waals surface area contributed by atoms with Gasteiger partial charge in [0.1, 0.15) is 0 Å². The first-order chi connectivity index (χ1) is 41.0. The Kier molecular flexibility index (Phi) is 71.4. The zero-order valence-electron chi connectivity index (χ0n) is 56.5. The van der Waals surface area contributed by atoms with Gasteiger partial charge >= 0.3 is 5.97 Å². The van der Waals surface area contributed by atoms with Gasteiger partial charge in [-0.1, -0.05) is 391 Å². The quantitative estimate of drug-likeness (QED) is 0.0320. The van der Waals surface area contributed by atoms with Crippen LogP contribution in [0.1, 0.15) is 431 Å². The second-order valence-electron chi connectivity index (χ2n) is 26.3. The molecule has 0 radical (unpaired) electrons. The van der Waals surface area contributed by atoms with Gasteiger partial charge in [0.15, 0.2) is 0 Å². The van der Waals surface area contributed by atoms with E-state index in [9.17, 15) is 19.8 Å². The van der Waals surface area contributed by atoms with Crippen molar-refractivity contribution in [2.45, 2.75) is 443 Å². The lowest BCUT2D eigenvalue weighted by molar-refractivity contribution is -0.143. The molecule has 0 aromatic carbocycles. The van der Waals surface area contributed by atoms with Crippen molar-refractivity contribution in [3.05, 3.63) is 24.3 Å². The summed E-state index contributed by atoms with van der Waals surface area (Å²) in [5.74, 6) is -0.0165. The van der Waals surface area contributed by atoms with Crippen molar-refractivity contribution in [3.8, 4) is 0 Å². The predicted octanol–water partition coefficient (Wildman–Crippen LogP) is 24.9. The lowest BCUT2D eigenvalue weighted by atomic mass is 10.0. The molecular formula is C77H149NO5. The Balaban J connectivity index is 3.29. The molecule has 0 spiro atoms. The van der Waals surface area contributed by atoms with Crippen molar-refractivity contribution in [1.82, 2.24) is 5.32 Å². The summed E-state index contributed by atoms with van der Waals surface area (Å²) in [6.07, 6.45) is 92.7. The second kappa shape index (κ2) is 72.8. The van der Waals surface area contributed by atoms with E-state index in [0.717, 1.165) is 51.4 Å². The van der Waals surface area contributed by atoms with E-state index in [1.54, 1.807) is 0 Å². The van der Waals surface area contributed by atoms with Crippen molar-refractivity contribution >= 4 is 11.9 Å². The van der Waals surface area contributed by atoms with Crippen molar-refractivity contribution in [2.24, 2.45) is 0 Å². The van der Waals surface area contributed by atoms with Gasteiger partial charge in [0.2, 0.25) is 5.91 Å². The van der Waals surface area contributed by atoms with Gasteiger partial charge in [0, 0.05) is 12.8 Å². The Labute approximate surface area is 520 Å². The van der Waals surface area contributed by atoms with Crippen LogP contribution in [0.4, 0.5) is 0 Å². The minimum absolute atomic E-state index is 0.00929. The first-order valence-corrected chi connectivity index (χ1v) is 38.1. The maximum atomic E-state index is 12.5. The number of esters is 1. The van der Waals surface area contributed by atoms with Crippen molar-refractivity contribution in [3.63, 3.8) is 0 Å². The Morgan fingerprint density at radius 3 is 0.952 bits per heavy atom. The van der Waals surface area contributed by atoms with Gasteiger partial charge in [0.25, 0.3) is 0 Å². The molecule has 0 rings (SSSR count). The Bertz CT molecular complexity index is 1300. The molecular weight excluding hydrogens is 1020 g/mol. The lowest BCUT2D eigenvalue weighted by Gasteiger charge is -2.22. The largest absolute Gasteiger partial charge is 0.466 e. The minimum Gasteiger partial charge on any atom is -0.466 e. The van der Waals surface area contributed by atoms with E-state index in [1.807, 2.05) is 0 Å². The molecule has 0 saturated carbocycles. The minimum atomic E-state index is -0.659. The topological polar surface area (TPSA) is 95.9 Å². The molecule has 1 amide bonds. The van der Waals surface area contributed by atoms with Crippen molar-refractivity contribution in [2.75, 3.05) is 13.2 Å². The Hall–Kier alpha value is -1.66. The van der Waals surface area contributed by atoms with Gasteiger partial charge < -0.3 is 20.3 Å². The Morgan fingerprint density at radius 1 is 0.337 bits per heavy atom. The van der Waals surface area contributed by atoms with Gasteiger partial charge in [-0.15, -0.1) is 0 Å². The van der Waals surface area contributed by atoms with Crippen LogP contribution in [0.3, 0.4) is 0 Å². The molecule has 0 aromatic rings. The third-order valence-corrected chi connectivity index (χ3v) is 18.0. The highest BCUT2D eigenvalue weighted by Gasteiger charge is 2.20. The normalized spacial score (nSPS) is 12.6. The van der Waals surface area contributed by atoms with E-state index in [2.05, 4.69) is 43.5 Å². The van der Waals surface area contributed by atoms with E-state index in [1.165, 1.54) is 347 Å². The molecule has 2 atom stereocenters. The molecule has 2 unspecified atom stereocenters. The average molecular weight is 1170 g/mol. The summed E-state index contributed by atoms with van der Waals surface area (Å²) in [5.41, 5.74) is 0. The first kappa shape index (κ1) is 81.3. The summed E-state index contributed by atoms with van der Waals surface area (Å²) in [7, 11) is 0. The molecule has 0 aliphatic rings. The van der Waals surface area contributed by atoms with Crippen LogP contribution < -0.4 is 5.32 Å². The highest BCUT2D eigenvalue weighted by Crippen LogP contribution is 2.20. The maximum absolute atomic E-state index is 12.5. The smallest absolute Gasteiger partial charge is 0.305 e. The number of allylic oxidation sites excluding steroid dienone is 4. The zero-order valence-corrected chi connectivity index (χ0v) is 56.5. The van der Waals surface area contributed by atoms with E-state index < -0.39 is 12.1 Å². The summed E-state index contributed by atoms with van der Waals surface area (Å²) in [6, 6.07) is -0.536. The van der Waals surface area contributed by atoms with Gasteiger partial charge in [0.05, 0.1) is 25.4 Å². The van der Waals surface area contributed by atoms with E-state index in [4.69, 9.17) is 4.74 Å². The van der Waals surface area contributed by atoms with Crippen LogP contribution in [-0.2, 0) is 14.3 Å². The number of ether oxygens (including phenoxy) is 1. The molecule has 0 bridgehead atoms. The zero-order chi connectivity index (χ0) is 59.9. The molecule has 0 heterocycles. The van der Waals surface area contributed by atoms with E-state index >= 15 is 0 Å². The van der Waals surface area contributed by atoms with Gasteiger partial charge in [-0.05, 0) is 51.4 Å². The van der Waals surface area contributed by atoms with Crippen LogP contribution in [0, 0.1) is 0 Å². The van der Waals surface area contributed by atoms with Gasteiger partial charge in [-0.25, -0.2) is 0 Å². The number of carbonyl (C=O) groups is 2. The molecule has 83 heavy (non-hydrogen) atoms. The van der Waals surface area contributed by atoms with E-state index in [0.29, 0.717) is 25.9 Å². The number of carbonyl (C=O) groups excluding carboxylic acids is 2. The standard InChI is InChI=1S/C77H149NO5/c1-3-5-7-9-11-13-15-17-42-45-49-53-57-61-65-69-75(80)74(73-79)78-76(81)70-66-62-58-54-50-46-43-40-38-36-34-32-30-28-26-24-22-20-19-21-23-25-27-29-31-33-35-37-39-41-44-48-52-56-60-64-68-72-83-77(82)71-67-63-59-55-51-47-18-16-14-12-10-8-6-4-2/h10,12,16,18,74-75,79-80H,3-9,11,13-15,17,19-73H2,1-2H3,(H,78,81)/b12-10-,18-16-. The molecule has 6 heteroatoms. The SMILES string of the molecule is CCCC/C=C\C/C=C\CCCCCCCC(=O)OCCCCCCCCCCCCCCCCCCCCCCCCCCCCCCCCCCCCCCCC(=O)NC(CO)C(O)CCCCCCCCCCCCCCCCC. The van der Waals surface area contributed by atoms with Crippen molar-refractivity contribution < 1.29 is 24.5 Å². The predicted molar refractivity (Wildman–Crippen MR) is 366 cm³/mol. The monoisotopic (exact) mass is 1170 g/mol. The molecule has 0 aliphatic heterocycles. The number of amides is 1. The highest BCUT2D eigenvalue weighted by molar-refractivity contribution is 5.76. The fraction of sp³-hybridized carbons (Fsp3) is 0.922. The average Bonchev–Trinajstić information content (AvgIpc) is 3.49. The van der Waals surface area contributed by atoms with Gasteiger partial charge in [-0.2, -0.15) is 0 Å². The molecule has 492 valence electrons. The molecule has 0 fully saturated rings. The van der Waals surface area contributed by atoms with Gasteiger partial charge in [-0.3, -0.25) is 9.59 Å². The summed E-state index contributed by atoms with van der Waals surface area (Å²) in [6.45, 7) is 4.95. The molecule has 0 aliphatic carbocycles. The van der Waals surface area contributed by atoms with Crippen LogP contribution in [0.5, 0.6) is 0 Å². The van der Waals surface area contributed by atoms with Crippen LogP contribution in [0.2, 0.25) is 0 Å². The summed E-state index contributed by atoms with van der Waals surface area (Å²) in [4.78, 5) is 24.6. The fourth-order valence-corrected chi connectivity index (χ4v) is 12.2. The summed E-state index contributed by atoms with van der Waals surface area (Å²) < 4.78 is 5.49. The number of nitrogens with one attached hydrogen (secondary N) is 1. The van der Waals surface area contributed by atoms with Crippen LogP contribution >= 0.6 is 0 Å². The highest BCUT2D eigenvalue weighted by atomic mass is 16.5. The number of unbranched alkanes of at least 4 members (excludes halogenated alkanes) is 57. The lowest BCUT2D eigenvalue weighted by Crippen LogP contribution is -2.45. The van der Waals surface area contributed by atoms with Crippen LogP contribution in [-0.4, -0.2) is 47.4 Å². The maximum Gasteiger partial charge on any atom is 0.305 e. The van der Waals surface area contributed by atoms with Crippen LogP contribution in [0.15, 0.2) is 24.3 Å². The first-order valence-electron chi connectivity index (χ1n) is 38.1. The Morgan fingerprint density at radius 2 is 0.614 bits per heavy atom. The number of aliphatic hydroxyl groups is 2. The summed E-state index contributed by atoms with van der Waals surface area (Å²) >= 11 is 0. The number of hydrogen-bond acceptors (Lipinski definition) is 5. The van der Waals surface area contributed by atoms with E-state index in [-0.39, 0.29) is 18.5 Å². The molecule has 0 saturated heterocycles. The fourth-order valence-electron chi connectivity index (χ4n) is 12.2. The van der Waals surface area contributed by atoms with Crippen LogP contribution in [0.25, 0.3) is 0 Å².